The minimum absolute atomic E-state index is 0.322. The van der Waals surface area contributed by atoms with Crippen molar-refractivity contribution >= 4 is 45.9 Å². The van der Waals surface area contributed by atoms with Crippen LogP contribution in [-0.2, 0) is 11.8 Å². The van der Waals surface area contributed by atoms with Crippen LogP contribution in [0.25, 0.3) is 10.9 Å². The molecule has 0 spiro atoms. The van der Waals surface area contributed by atoms with E-state index in [9.17, 15) is 9.59 Å². The molecule has 1 aromatic heterocycles. The van der Waals surface area contributed by atoms with Gasteiger partial charge in [0.1, 0.15) is 10.1 Å². The average Bonchev–Trinajstić information content (AvgIpc) is 2.74. The Labute approximate surface area is 118 Å². The Bertz CT molecular complexity index is 716. The molecule has 0 unspecified atom stereocenters. The highest BCUT2D eigenvalue weighted by molar-refractivity contribution is 6.55. The topological polar surface area (TPSA) is 59.3 Å². The van der Waals surface area contributed by atoms with Gasteiger partial charge in [-0.1, -0.05) is 41.4 Å². The second kappa shape index (κ2) is 5.07. The predicted octanol–water partition coefficient (Wildman–Crippen LogP) is 3.13. The Morgan fingerprint density at radius 1 is 1.16 bits per heavy atom. The Hall–Kier alpha value is -1.78. The van der Waals surface area contributed by atoms with E-state index < -0.39 is 21.8 Å². The van der Waals surface area contributed by atoms with E-state index in [4.69, 9.17) is 28.3 Å². The predicted molar refractivity (Wildman–Crippen MR) is 73.6 cm³/mol. The van der Waals surface area contributed by atoms with Crippen LogP contribution in [-0.4, -0.2) is 21.4 Å². The Morgan fingerprint density at radius 2 is 1.79 bits per heavy atom. The molecule has 1 aromatic carbocycles. The van der Waals surface area contributed by atoms with E-state index in [1.165, 1.54) is 0 Å². The van der Waals surface area contributed by atoms with Crippen LogP contribution in [0.4, 0.5) is 0 Å². The lowest BCUT2D eigenvalue weighted by molar-refractivity contribution is -0.131. The summed E-state index contributed by atoms with van der Waals surface area (Å²) in [6.07, 6.45) is 1.60. The summed E-state index contributed by atoms with van der Waals surface area (Å²) in [7, 11) is 1.79. The van der Waals surface area contributed by atoms with Crippen LogP contribution in [0.3, 0.4) is 0 Å². The van der Waals surface area contributed by atoms with E-state index in [0.717, 1.165) is 5.52 Å². The van der Waals surface area contributed by atoms with E-state index in [1.807, 2.05) is 12.1 Å². The van der Waals surface area contributed by atoms with E-state index in [1.54, 1.807) is 29.9 Å². The monoisotopic (exact) mass is 297 g/mol. The summed E-state index contributed by atoms with van der Waals surface area (Å²) in [5.74, 6) is -2.04. The second-order valence-electron chi connectivity index (χ2n) is 3.93. The number of rotatable bonds is 3. The molecule has 0 fully saturated rings. The molecule has 0 saturated carbocycles. The minimum atomic E-state index is -1.43. The molecule has 19 heavy (non-hydrogen) atoms. The molecule has 0 aliphatic carbocycles. The normalized spacial score (nSPS) is 12.4. The number of hydrogen-bond acceptors (Lipinski definition) is 2. The fourth-order valence-electron chi connectivity index (χ4n) is 1.83. The summed E-state index contributed by atoms with van der Waals surface area (Å²) in [6.45, 7) is 0. The number of fused-ring (bicyclic) bond motifs is 1. The SMILES string of the molecule is Cn1cc(C(=O)/C(Cl)=C(\Cl)C(=O)O)c2ccccc21. The standard InChI is InChI=1S/C13H9Cl2NO3/c1-16-6-8(7-4-2-3-5-9(7)16)12(17)10(14)11(15)13(18)19/h2-6H,1H3,(H,18,19)/b11-10+. The van der Waals surface area contributed by atoms with Crippen LogP contribution < -0.4 is 0 Å². The molecule has 0 atom stereocenters. The molecule has 1 N–H and O–H groups in total. The van der Waals surface area contributed by atoms with Crippen molar-refractivity contribution in [1.82, 2.24) is 4.57 Å². The van der Waals surface area contributed by atoms with Crippen molar-refractivity contribution in [3.63, 3.8) is 0 Å². The van der Waals surface area contributed by atoms with Gasteiger partial charge < -0.3 is 9.67 Å². The smallest absolute Gasteiger partial charge is 0.349 e. The first kappa shape index (κ1) is 13.6. The van der Waals surface area contributed by atoms with Gasteiger partial charge in [0.2, 0.25) is 5.78 Å². The van der Waals surface area contributed by atoms with Crippen molar-refractivity contribution < 1.29 is 14.7 Å². The van der Waals surface area contributed by atoms with Crippen LogP contribution in [0.15, 0.2) is 40.5 Å². The zero-order chi connectivity index (χ0) is 14.2. The fourth-order valence-corrected chi connectivity index (χ4v) is 2.10. The number of carboxylic acids is 1. The number of carbonyl (C=O) groups is 2. The fraction of sp³-hybridized carbons (Fsp3) is 0.0769. The Balaban J connectivity index is 2.60. The highest BCUT2D eigenvalue weighted by atomic mass is 35.5. The zero-order valence-electron chi connectivity index (χ0n) is 9.85. The van der Waals surface area contributed by atoms with E-state index in [-0.39, 0.29) is 0 Å². The number of carbonyl (C=O) groups excluding carboxylic acids is 1. The van der Waals surface area contributed by atoms with Crippen molar-refractivity contribution in [2.24, 2.45) is 7.05 Å². The molecule has 0 aliphatic rings. The maximum Gasteiger partial charge on any atom is 0.349 e. The molecule has 0 radical (unpaired) electrons. The van der Waals surface area contributed by atoms with Crippen LogP contribution >= 0.6 is 23.2 Å². The highest BCUT2D eigenvalue weighted by Gasteiger charge is 2.21. The van der Waals surface area contributed by atoms with Gasteiger partial charge in [-0.15, -0.1) is 0 Å². The number of aryl methyl sites for hydroxylation is 1. The highest BCUT2D eigenvalue weighted by Crippen LogP contribution is 2.26. The summed E-state index contributed by atoms with van der Waals surface area (Å²) in [5.41, 5.74) is 1.17. The number of carboxylic acid groups (broad SMARTS) is 1. The number of allylic oxidation sites excluding steroid dienone is 1. The maximum absolute atomic E-state index is 12.2. The van der Waals surface area contributed by atoms with Crippen LogP contribution in [0.1, 0.15) is 10.4 Å². The van der Waals surface area contributed by atoms with E-state index in [2.05, 4.69) is 0 Å². The van der Waals surface area contributed by atoms with Gasteiger partial charge in [-0.05, 0) is 6.07 Å². The van der Waals surface area contributed by atoms with Crippen molar-refractivity contribution in [2.45, 2.75) is 0 Å². The third kappa shape index (κ3) is 2.37. The van der Waals surface area contributed by atoms with Gasteiger partial charge in [-0.25, -0.2) is 4.79 Å². The Morgan fingerprint density at radius 3 is 2.42 bits per heavy atom. The number of halogens is 2. The molecule has 6 heteroatoms. The van der Waals surface area contributed by atoms with Gasteiger partial charge in [0, 0.05) is 29.7 Å². The van der Waals surface area contributed by atoms with Gasteiger partial charge in [0.25, 0.3) is 0 Å². The van der Waals surface area contributed by atoms with Crippen molar-refractivity contribution in [3.8, 4) is 0 Å². The number of benzene rings is 1. The van der Waals surface area contributed by atoms with E-state index >= 15 is 0 Å². The van der Waals surface area contributed by atoms with Crippen LogP contribution in [0, 0.1) is 0 Å². The van der Waals surface area contributed by atoms with Crippen molar-refractivity contribution in [3.05, 3.63) is 46.1 Å². The minimum Gasteiger partial charge on any atom is -0.477 e. The first-order valence-corrected chi connectivity index (χ1v) is 6.06. The third-order valence-corrected chi connectivity index (χ3v) is 3.53. The van der Waals surface area contributed by atoms with Gasteiger partial charge in [-0.2, -0.15) is 0 Å². The number of Topliss-reactive ketones (excluding diaryl/α,β-unsaturated/α-hetero) is 1. The molecule has 2 rings (SSSR count). The number of hydrogen-bond donors (Lipinski definition) is 1. The molecule has 0 amide bonds. The van der Waals surface area contributed by atoms with Crippen molar-refractivity contribution in [1.29, 1.82) is 0 Å². The lowest BCUT2D eigenvalue weighted by Gasteiger charge is -1.99. The molecule has 0 bridgehead atoms. The van der Waals surface area contributed by atoms with Gasteiger partial charge in [-0.3, -0.25) is 4.79 Å². The number of aromatic nitrogens is 1. The summed E-state index contributed by atoms with van der Waals surface area (Å²) in [4.78, 5) is 22.9. The quantitative estimate of drug-likeness (QED) is 0.699. The molecule has 2 aromatic rings. The van der Waals surface area contributed by atoms with Gasteiger partial charge >= 0.3 is 5.97 Å². The molecule has 1 heterocycles. The lowest BCUT2D eigenvalue weighted by atomic mass is 10.1. The lowest BCUT2D eigenvalue weighted by Crippen LogP contribution is -2.05. The zero-order valence-corrected chi connectivity index (χ0v) is 11.4. The molecule has 98 valence electrons. The number of ketones is 1. The first-order chi connectivity index (χ1) is 8.93. The van der Waals surface area contributed by atoms with Crippen LogP contribution in [0.2, 0.25) is 0 Å². The first-order valence-electron chi connectivity index (χ1n) is 5.30. The van der Waals surface area contributed by atoms with Crippen molar-refractivity contribution in [2.75, 3.05) is 0 Å². The molecule has 0 saturated heterocycles. The van der Waals surface area contributed by atoms with Gasteiger partial charge in [0.15, 0.2) is 0 Å². The largest absolute Gasteiger partial charge is 0.477 e. The Kier molecular flexibility index (Phi) is 3.64. The maximum atomic E-state index is 12.2. The van der Waals surface area contributed by atoms with Crippen LogP contribution in [0.5, 0.6) is 0 Å². The summed E-state index contributed by atoms with van der Waals surface area (Å²) in [5, 5.41) is 8.26. The number of para-hydroxylation sites is 1. The molecular formula is C13H9Cl2NO3. The third-order valence-electron chi connectivity index (χ3n) is 2.72. The molecular weight excluding hydrogens is 289 g/mol. The number of aliphatic carboxylic acids is 1. The summed E-state index contributed by atoms with van der Waals surface area (Å²) < 4.78 is 1.77. The second-order valence-corrected chi connectivity index (χ2v) is 4.69. The average molecular weight is 298 g/mol. The van der Waals surface area contributed by atoms with E-state index in [0.29, 0.717) is 10.9 Å². The molecule has 0 aliphatic heterocycles. The number of nitrogens with zero attached hydrogens (tertiary/aromatic N) is 1. The van der Waals surface area contributed by atoms with Gasteiger partial charge in [0.05, 0.1) is 0 Å². The summed E-state index contributed by atoms with van der Waals surface area (Å²) >= 11 is 11.2. The molecule has 4 nitrogen and oxygen atoms in total. The summed E-state index contributed by atoms with van der Waals surface area (Å²) in [6, 6.07) is 7.25.